The minimum atomic E-state index is -3.50. The second-order valence-corrected chi connectivity index (χ2v) is 10.9. The predicted molar refractivity (Wildman–Crippen MR) is 110 cm³/mol. The van der Waals surface area contributed by atoms with Gasteiger partial charge in [-0.25, -0.2) is 8.42 Å². The number of carbonyl (C=O) groups is 1. The lowest BCUT2D eigenvalue weighted by atomic mass is 9.86. The Kier molecular flexibility index (Phi) is 5.57. The van der Waals surface area contributed by atoms with Crippen LogP contribution in [0.3, 0.4) is 0 Å². The first-order chi connectivity index (χ1) is 12.7. The molecule has 3 rings (SSSR count). The van der Waals surface area contributed by atoms with E-state index in [-0.39, 0.29) is 11.2 Å². The van der Waals surface area contributed by atoms with Crippen molar-refractivity contribution in [2.24, 2.45) is 0 Å². The van der Waals surface area contributed by atoms with E-state index in [1.54, 1.807) is 12.1 Å². The molecule has 0 spiro atoms. The predicted octanol–water partition coefficient (Wildman–Crippen LogP) is 4.75. The van der Waals surface area contributed by atoms with Gasteiger partial charge in [0.05, 0.1) is 5.25 Å². The first-order valence-electron chi connectivity index (χ1n) is 9.61. The summed E-state index contributed by atoms with van der Waals surface area (Å²) in [6.07, 6.45) is 2.31. The van der Waals surface area contributed by atoms with Gasteiger partial charge in [-0.2, -0.15) is 0 Å². The average Bonchev–Trinajstić information content (AvgIpc) is 2.63. The molecule has 27 heavy (non-hydrogen) atoms. The van der Waals surface area contributed by atoms with Crippen LogP contribution in [0.1, 0.15) is 61.5 Å². The number of carbonyl (C=O) groups excluding carboxylic acids is 1. The van der Waals surface area contributed by atoms with Crippen molar-refractivity contribution in [1.82, 2.24) is 0 Å². The Hall–Kier alpha value is -1.94. The minimum Gasteiger partial charge on any atom is -0.293 e. The molecule has 0 N–H and O–H groups in total. The second-order valence-electron chi connectivity index (χ2n) is 8.51. The molecule has 0 aliphatic carbocycles. The Labute approximate surface area is 162 Å². The van der Waals surface area contributed by atoms with Gasteiger partial charge in [-0.1, -0.05) is 81.8 Å². The van der Waals surface area contributed by atoms with Gasteiger partial charge in [0.15, 0.2) is 15.6 Å². The number of sulfone groups is 1. The number of rotatable bonds is 4. The van der Waals surface area contributed by atoms with E-state index in [0.29, 0.717) is 24.8 Å². The van der Waals surface area contributed by atoms with Crippen LogP contribution in [-0.4, -0.2) is 24.7 Å². The highest BCUT2D eigenvalue weighted by molar-refractivity contribution is 7.93. The van der Waals surface area contributed by atoms with E-state index >= 15 is 0 Å². The molecule has 1 heterocycles. The molecule has 0 amide bonds. The Morgan fingerprint density at radius 2 is 1.59 bits per heavy atom. The third-order valence-electron chi connectivity index (χ3n) is 5.49. The van der Waals surface area contributed by atoms with Gasteiger partial charge >= 0.3 is 0 Å². The van der Waals surface area contributed by atoms with Crippen molar-refractivity contribution in [1.29, 1.82) is 0 Å². The van der Waals surface area contributed by atoms with Gasteiger partial charge in [-0.3, -0.25) is 4.79 Å². The smallest absolute Gasteiger partial charge is 0.180 e. The molecule has 2 atom stereocenters. The highest BCUT2D eigenvalue weighted by Gasteiger charge is 2.41. The first-order valence-corrected chi connectivity index (χ1v) is 11.2. The van der Waals surface area contributed by atoms with E-state index in [1.165, 1.54) is 0 Å². The number of hydrogen-bond donors (Lipinski definition) is 0. The van der Waals surface area contributed by atoms with Gasteiger partial charge in [-0.05, 0) is 35.8 Å². The molecule has 1 saturated heterocycles. The summed E-state index contributed by atoms with van der Waals surface area (Å²) in [4.78, 5) is 13.0. The van der Waals surface area contributed by atoms with E-state index < -0.39 is 20.3 Å². The fourth-order valence-electron chi connectivity index (χ4n) is 3.79. The molecular formula is C23H28O3S. The molecule has 4 heteroatoms. The van der Waals surface area contributed by atoms with Crippen LogP contribution in [0.4, 0.5) is 0 Å². The van der Waals surface area contributed by atoms with Gasteiger partial charge in [0.1, 0.15) is 5.25 Å². The Bertz CT molecular complexity index is 891. The summed E-state index contributed by atoms with van der Waals surface area (Å²) in [5.41, 5.74) is 2.64. The summed E-state index contributed by atoms with van der Waals surface area (Å²) in [7, 11) is -3.50. The van der Waals surface area contributed by atoms with Crippen molar-refractivity contribution in [2.45, 2.75) is 62.4 Å². The van der Waals surface area contributed by atoms with Crippen LogP contribution in [-0.2, 0) is 21.7 Å². The van der Waals surface area contributed by atoms with Crippen molar-refractivity contribution in [2.75, 3.05) is 0 Å². The monoisotopic (exact) mass is 384 g/mol. The molecule has 0 aromatic heterocycles. The van der Waals surface area contributed by atoms with Crippen molar-refractivity contribution in [3.05, 3.63) is 71.3 Å². The van der Waals surface area contributed by atoms with Crippen LogP contribution in [0.15, 0.2) is 54.6 Å². The maximum atomic E-state index is 13.1. The van der Waals surface area contributed by atoms with Gasteiger partial charge in [0, 0.05) is 5.56 Å². The van der Waals surface area contributed by atoms with Crippen LogP contribution < -0.4 is 0 Å². The van der Waals surface area contributed by atoms with E-state index in [2.05, 4.69) is 20.8 Å². The van der Waals surface area contributed by atoms with Crippen LogP contribution in [0, 0.1) is 0 Å². The lowest BCUT2D eigenvalue weighted by molar-refractivity contribution is 0.0980. The molecule has 3 nitrogen and oxygen atoms in total. The van der Waals surface area contributed by atoms with Crippen LogP contribution in [0.5, 0.6) is 0 Å². The van der Waals surface area contributed by atoms with Crippen LogP contribution in [0.2, 0.25) is 0 Å². The summed E-state index contributed by atoms with van der Waals surface area (Å²) >= 11 is 0. The van der Waals surface area contributed by atoms with E-state index in [9.17, 15) is 13.2 Å². The second kappa shape index (κ2) is 7.59. The summed E-state index contributed by atoms with van der Waals surface area (Å²) in [5.74, 6) is -0.256. The topological polar surface area (TPSA) is 51.2 Å². The molecule has 2 aromatic carbocycles. The number of Topliss-reactive ketones (excluding diaryl/α,β-unsaturated/α-hetero) is 1. The quantitative estimate of drug-likeness (QED) is 0.715. The number of benzene rings is 2. The normalized spacial score (nSPS) is 22.3. The van der Waals surface area contributed by atoms with Gasteiger partial charge < -0.3 is 0 Å². The van der Waals surface area contributed by atoms with Crippen LogP contribution >= 0.6 is 0 Å². The summed E-state index contributed by atoms with van der Waals surface area (Å²) in [5, 5.41) is -1.39. The molecule has 0 radical (unpaired) electrons. The molecular weight excluding hydrogens is 356 g/mol. The van der Waals surface area contributed by atoms with Gasteiger partial charge in [-0.15, -0.1) is 0 Å². The van der Waals surface area contributed by atoms with Gasteiger partial charge in [0.25, 0.3) is 0 Å². The Morgan fingerprint density at radius 3 is 2.19 bits per heavy atom. The van der Waals surface area contributed by atoms with E-state index in [1.807, 2.05) is 42.5 Å². The maximum Gasteiger partial charge on any atom is 0.180 e. The largest absolute Gasteiger partial charge is 0.293 e. The molecule has 1 aliphatic rings. The van der Waals surface area contributed by atoms with E-state index in [4.69, 9.17) is 0 Å². The Morgan fingerprint density at radius 1 is 0.963 bits per heavy atom. The molecule has 0 unspecified atom stereocenters. The highest BCUT2D eigenvalue weighted by Crippen LogP contribution is 2.31. The van der Waals surface area contributed by atoms with Crippen molar-refractivity contribution < 1.29 is 13.2 Å². The average molecular weight is 385 g/mol. The van der Waals surface area contributed by atoms with Crippen molar-refractivity contribution in [3.63, 3.8) is 0 Å². The molecule has 2 aromatic rings. The Balaban J connectivity index is 1.82. The van der Waals surface area contributed by atoms with E-state index in [0.717, 1.165) is 17.5 Å². The number of ketones is 1. The third kappa shape index (κ3) is 4.32. The van der Waals surface area contributed by atoms with Gasteiger partial charge in [0.2, 0.25) is 0 Å². The summed E-state index contributed by atoms with van der Waals surface area (Å²) in [6, 6.07) is 17.1. The lowest BCUT2D eigenvalue weighted by Crippen LogP contribution is -2.42. The highest BCUT2D eigenvalue weighted by atomic mass is 32.2. The zero-order valence-electron chi connectivity index (χ0n) is 16.3. The number of hydrogen-bond acceptors (Lipinski definition) is 3. The molecule has 144 valence electrons. The molecule has 1 aliphatic heterocycles. The first kappa shape index (κ1) is 19.8. The van der Waals surface area contributed by atoms with Crippen molar-refractivity contribution >= 4 is 15.6 Å². The van der Waals surface area contributed by atoms with Crippen molar-refractivity contribution in [3.8, 4) is 0 Å². The minimum absolute atomic E-state index is 0.000723. The SMILES string of the molecule is CC(C)(C)c1ccc(C(=O)[C@H]2CCC[C@H](Cc3ccccc3)S2(=O)=O)cc1. The summed E-state index contributed by atoms with van der Waals surface area (Å²) in [6.45, 7) is 6.34. The molecule has 0 saturated carbocycles. The fourth-order valence-corrected chi connectivity index (χ4v) is 6.10. The fraction of sp³-hybridized carbons (Fsp3) is 0.435. The standard InChI is InChI=1S/C23H28O3S/c1-23(2,3)19-14-12-18(13-15-19)22(24)21-11-7-10-20(27(21,25)26)16-17-8-5-4-6-9-17/h4-6,8-9,12-15,20-21H,7,10-11,16H2,1-3H3/t20-,21-/m1/s1. The lowest BCUT2D eigenvalue weighted by Gasteiger charge is -2.29. The zero-order valence-corrected chi connectivity index (χ0v) is 17.1. The molecule has 0 bridgehead atoms. The maximum absolute atomic E-state index is 13.1. The molecule has 1 fully saturated rings. The van der Waals surface area contributed by atoms with Crippen LogP contribution in [0.25, 0.3) is 0 Å². The zero-order chi connectivity index (χ0) is 19.7. The third-order valence-corrected chi connectivity index (χ3v) is 8.06. The summed E-state index contributed by atoms with van der Waals surface area (Å²) < 4.78 is 26.3.